The van der Waals surface area contributed by atoms with Crippen molar-refractivity contribution in [3.63, 3.8) is 0 Å². The van der Waals surface area contributed by atoms with Gasteiger partial charge in [0.25, 0.3) is 0 Å². The van der Waals surface area contributed by atoms with Crippen molar-refractivity contribution in [2.24, 2.45) is 0 Å². The minimum absolute atomic E-state index is 0.00961. The fourth-order valence-electron chi connectivity index (χ4n) is 2.64. The summed E-state index contributed by atoms with van der Waals surface area (Å²) in [5, 5.41) is 9.36. The molecule has 2 fully saturated rings. The summed E-state index contributed by atoms with van der Waals surface area (Å²) in [5.41, 5.74) is 0. The van der Waals surface area contributed by atoms with Crippen LogP contribution < -0.4 is 0 Å². The van der Waals surface area contributed by atoms with E-state index in [-0.39, 0.29) is 17.4 Å². The SMILES string of the molecule is CCCC1SCC(C(=O)O)N1C(=O)N1CCSCC1C. The molecule has 0 aromatic heterocycles. The topological polar surface area (TPSA) is 60.9 Å². The van der Waals surface area contributed by atoms with Gasteiger partial charge in [-0.1, -0.05) is 13.3 Å². The molecule has 1 N–H and O–H groups in total. The smallest absolute Gasteiger partial charge is 0.327 e. The molecule has 5 nitrogen and oxygen atoms in total. The zero-order chi connectivity index (χ0) is 14.7. The standard InChI is InChI=1S/C13H22N2O3S2/c1-3-4-11-15(10(8-20-11)12(16)17)13(18)14-5-6-19-7-9(14)2/h9-11H,3-8H2,1-2H3,(H,16,17). The number of rotatable bonds is 3. The molecular weight excluding hydrogens is 296 g/mol. The predicted molar refractivity (Wildman–Crippen MR) is 83.3 cm³/mol. The summed E-state index contributed by atoms with van der Waals surface area (Å²) >= 11 is 3.45. The highest BCUT2D eigenvalue weighted by Gasteiger charge is 2.43. The van der Waals surface area contributed by atoms with Gasteiger partial charge in [-0.15, -0.1) is 11.8 Å². The maximum Gasteiger partial charge on any atom is 0.327 e. The molecule has 0 saturated carbocycles. The average molecular weight is 318 g/mol. The van der Waals surface area contributed by atoms with E-state index in [0.29, 0.717) is 5.75 Å². The number of aliphatic carboxylic acids is 1. The molecule has 3 unspecified atom stereocenters. The van der Waals surface area contributed by atoms with Crippen LogP contribution in [-0.4, -0.2) is 68.2 Å². The summed E-state index contributed by atoms with van der Waals surface area (Å²) in [4.78, 5) is 27.6. The highest BCUT2D eigenvalue weighted by Crippen LogP contribution is 2.34. The number of carbonyl (C=O) groups is 2. The van der Waals surface area contributed by atoms with Crippen LogP contribution in [0.15, 0.2) is 0 Å². The van der Waals surface area contributed by atoms with E-state index in [0.717, 1.165) is 30.9 Å². The third kappa shape index (κ3) is 3.19. The molecule has 2 saturated heterocycles. The maximum absolute atomic E-state index is 12.8. The molecule has 0 aromatic carbocycles. The van der Waals surface area contributed by atoms with Crippen molar-refractivity contribution in [1.82, 2.24) is 9.80 Å². The first-order chi connectivity index (χ1) is 9.56. The number of carboxylic acid groups (broad SMARTS) is 1. The van der Waals surface area contributed by atoms with Crippen LogP contribution >= 0.6 is 23.5 Å². The largest absolute Gasteiger partial charge is 0.480 e. The van der Waals surface area contributed by atoms with Gasteiger partial charge in [-0.25, -0.2) is 9.59 Å². The van der Waals surface area contributed by atoms with Crippen LogP contribution in [0.5, 0.6) is 0 Å². The lowest BCUT2D eigenvalue weighted by Crippen LogP contribution is -2.55. The Kier molecular flexibility index (Phi) is 5.49. The van der Waals surface area contributed by atoms with Crippen LogP contribution in [0.4, 0.5) is 4.79 Å². The van der Waals surface area contributed by atoms with E-state index >= 15 is 0 Å². The molecule has 2 heterocycles. The average Bonchev–Trinajstić information content (AvgIpc) is 2.83. The van der Waals surface area contributed by atoms with Crippen LogP contribution in [-0.2, 0) is 4.79 Å². The molecule has 114 valence electrons. The number of hydrogen-bond acceptors (Lipinski definition) is 4. The molecule has 0 aromatic rings. The molecule has 0 bridgehead atoms. The number of amides is 2. The summed E-state index contributed by atoms with van der Waals surface area (Å²) in [7, 11) is 0. The monoisotopic (exact) mass is 318 g/mol. The summed E-state index contributed by atoms with van der Waals surface area (Å²) < 4.78 is 0. The molecule has 3 atom stereocenters. The highest BCUT2D eigenvalue weighted by molar-refractivity contribution is 8.00. The lowest BCUT2D eigenvalue weighted by atomic mass is 10.2. The van der Waals surface area contributed by atoms with Gasteiger partial charge in [0, 0.05) is 29.8 Å². The Labute approximate surface area is 128 Å². The molecule has 0 aliphatic carbocycles. The van der Waals surface area contributed by atoms with Gasteiger partial charge in [0.15, 0.2) is 0 Å². The van der Waals surface area contributed by atoms with E-state index in [4.69, 9.17) is 0 Å². The lowest BCUT2D eigenvalue weighted by Gasteiger charge is -2.38. The van der Waals surface area contributed by atoms with Crippen LogP contribution in [0, 0.1) is 0 Å². The van der Waals surface area contributed by atoms with Gasteiger partial charge in [-0.2, -0.15) is 11.8 Å². The quantitative estimate of drug-likeness (QED) is 0.864. The minimum Gasteiger partial charge on any atom is -0.480 e. The minimum atomic E-state index is -0.886. The van der Waals surface area contributed by atoms with Gasteiger partial charge in [0.05, 0.1) is 5.37 Å². The van der Waals surface area contributed by atoms with Crippen LogP contribution in [0.2, 0.25) is 0 Å². The first kappa shape index (κ1) is 15.8. The van der Waals surface area contributed by atoms with Gasteiger partial charge < -0.3 is 10.0 Å². The van der Waals surface area contributed by atoms with E-state index in [9.17, 15) is 14.7 Å². The molecule has 7 heteroatoms. The Morgan fingerprint density at radius 3 is 2.70 bits per heavy atom. The third-order valence-electron chi connectivity index (χ3n) is 3.75. The van der Waals surface area contributed by atoms with Crippen LogP contribution in [0.25, 0.3) is 0 Å². The second kappa shape index (κ2) is 6.93. The Morgan fingerprint density at radius 2 is 2.10 bits per heavy atom. The molecular formula is C13H22N2O3S2. The number of carbonyl (C=O) groups excluding carboxylic acids is 1. The summed E-state index contributed by atoms with van der Waals surface area (Å²) in [6.45, 7) is 4.83. The van der Waals surface area contributed by atoms with Crippen molar-refractivity contribution in [2.75, 3.05) is 23.8 Å². The van der Waals surface area contributed by atoms with Crippen LogP contribution in [0.3, 0.4) is 0 Å². The third-order valence-corrected chi connectivity index (χ3v) is 6.29. The van der Waals surface area contributed by atoms with E-state index in [1.165, 1.54) is 0 Å². The van der Waals surface area contributed by atoms with Crippen molar-refractivity contribution >= 4 is 35.5 Å². The molecule has 2 aliphatic heterocycles. The summed E-state index contributed by atoms with van der Waals surface area (Å²) in [6, 6.07) is -0.581. The Bertz CT molecular complexity index is 381. The number of nitrogens with zero attached hydrogens (tertiary/aromatic N) is 2. The van der Waals surface area contributed by atoms with E-state index in [1.807, 2.05) is 23.6 Å². The van der Waals surface area contributed by atoms with Crippen molar-refractivity contribution in [3.05, 3.63) is 0 Å². The second-order valence-electron chi connectivity index (χ2n) is 5.24. The predicted octanol–water partition coefficient (Wildman–Crippen LogP) is 2.17. The van der Waals surface area contributed by atoms with Crippen molar-refractivity contribution in [1.29, 1.82) is 0 Å². The van der Waals surface area contributed by atoms with Gasteiger partial charge in [0.1, 0.15) is 6.04 Å². The maximum atomic E-state index is 12.8. The number of hydrogen-bond donors (Lipinski definition) is 1. The first-order valence-corrected chi connectivity index (χ1v) is 9.27. The molecule has 20 heavy (non-hydrogen) atoms. The van der Waals surface area contributed by atoms with Crippen molar-refractivity contribution < 1.29 is 14.7 Å². The van der Waals surface area contributed by atoms with E-state index in [1.54, 1.807) is 16.7 Å². The molecule has 0 spiro atoms. The van der Waals surface area contributed by atoms with Gasteiger partial charge >= 0.3 is 12.0 Å². The summed E-state index contributed by atoms with van der Waals surface area (Å²) in [6.07, 6.45) is 1.82. The zero-order valence-electron chi connectivity index (χ0n) is 11.9. The fraction of sp³-hybridized carbons (Fsp3) is 0.846. The number of thioether (sulfide) groups is 2. The Hall–Kier alpha value is -0.560. The lowest BCUT2D eigenvalue weighted by molar-refractivity contribution is -0.141. The van der Waals surface area contributed by atoms with Gasteiger partial charge in [-0.3, -0.25) is 4.90 Å². The Balaban J connectivity index is 2.15. The highest BCUT2D eigenvalue weighted by atomic mass is 32.2. The van der Waals surface area contributed by atoms with Crippen molar-refractivity contribution in [2.45, 2.75) is 44.1 Å². The normalized spacial score (nSPS) is 30.6. The fourth-order valence-corrected chi connectivity index (χ4v) is 5.16. The Morgan fingerprint density at radius 1 is 1.35 bits per heavy atom. The van der Waals surface area contributed by atoms with Crippen LogP contribution in [0.1, 0.15) is 26.7 Å². The number of urea groups is 1. The number of carboxylic acids is 1. The van der Waals surface area contributed by atoms with Crippen molar-refractivity contribution in [3.8, 4) is 0 Å². The van der Waals surface area contributed by atoms with Gasteiger partial charge in [-0.05, 0) is 13.3 Å². The molecule has 2 aliphatic rings. The summed E-state index contributed by atoms with van der Waals surface area (Å²) in [5.74, 6) is 1.49. The van der Waals surface area contributed by atoms with E-state index in [2.05, 4.69) is 6.92 Å². The van der Waals surface area contributed by atoms with E-state index < -0.39 is 12.0 Å². The second-order valence-corrected chi connectivity index (χ2v) is 7.60. The van der Waals surface area contributed by atoms with Gasteiger partial charge in [0.2, 0.25) is 0 Å². The first-order valence-electron chi connectivity index (χ1n) is 7.07. The molecule has 2 rings (SSSR count). The molecule has 0 radical (unpaired) electrons. The molecule has 2 amide bonds. The zero-order valence-corrected chi connectivity index (χ0v) is 13.6.